The molecule has 0 bridgehead atoms. The number of aromatic nitrogens is 2. The quantitative estimate of drug-likeness (QED) is 0.438. The minimum Gasteiger partial charge on any atom is -0.494 e. The molecule has 1 fully saturated rings. The maximum atomic E-state index is 12.3. The molecule has 182 valence electrons. The Morgan fingerprint density at radius 3 is 2.61 bits per heavy atom. The first-order valence-electron chi connectivity index (χ1n) is 11.8. The summed E-state index contributed by atoms with van der Waals surface area (Å²) in [5.41, 5.74) is 1.29. The number of carbonyl (C=O) groups excluding carboxylic acids is 1. The number of aliphatic hydroxyl groups excluding tert-OH is 2. The number of benzene rings is 1. The van der Waals surface area contributed by atoms with E-state index in [1.54, 1.807) is 12.1 Å². The molecular weight excluding hydrogens is 424 g/mol. The number of aliphatic hydroxyl groups is 2. The van der Waals surface area contributed by atoms with Crippen molar-refractivity contribution in [3.05, 3.63) is 35.2 Å². The lowest BCUT2D eigenvalue weighted by molar-refractivity contribution is 0.0878. The van der Waals surface area contributed by atoms with Crippen LogP contribution in [-0.2, 0) is 0 Å². The van der Waals surface area contributed by atoms with Crippen LogP contribution in [0.25, 0.3) is 0 Å². The monoisotopic (exact) mass is 460 g/mol. The number of amides is 1. The summed E-state index contributed by atoms with van der Waals surface area (Å²) in [5.74, 6) is 2.72. The van der Waals surface area contributed by atoms with Crippen LogP contribution in [0, 0.1) is 12.8 Å². The van der Waals surface area contributed by atoms with Gasteiger partial charge in [0.1, 0.15) is 5.75 Å². The highest BCUT2D eigenvalue weighted by Gasteiger charge is 2.23. The summed E-state index contributed by atoms with van der Waals surface area (Å²) >= 11 is 0. The minimum absolute atomic E-state index is 0.241. The fraction of sp³-hybridized carbons (Fsp3) is 0.625. The highest BCUT2D eigenvalue weighted by molar-refractivity contribution is 5.96. The van der Waals surface area contributed by atoms with E-state index in [0.717, 1.165) is 50.1 Å². The molecule has 1 amide bonds. The van der Waals surface area contributed by atoms with E-state index in [1.165, 1.54) is 0 Å². The molecule has 0 atom stereocenters. The molecule has 33 heavy (non-hydrogen) atoms. The fourth-order valence-corrected chi connectivity index (χ4v) is 3.97. The molecule has 0 aliphatic carbocycles. The molecule has 9 nitrogen and oxygen atoms in total. The smallest absolute Gasteiger partial charge is 0.266 e. The molecule has 0 unspecified atom stereocenters. The van der Waals surface area contributed by atoms with Gasteiger partial charge in [0.15, 0.2) is 0 Å². The first-order chi connectivity index (χ1) is 15.9. The summed E-state index contributed by atoms with van der Waals surface area (Å²) < 4.78 is 11.2. The molecule has 1 aliphatic rings. The standard InChI is InChI=1S/C24H36N4O5/c1-16(2)23-26-24(27-33-23)28-10-8-18(9-11-28)5-4-12-32-20-6-7-21(17(3)13-20)22(31)25-19(14-29)15-30/h6-7,13,16,18-19,29-30H,4-5,8-12,14-15H2,1-3H3,(H,25,31). The third kappa shape index (κ3) is 6.91. The molecule has 3 rings (SSSR count). The summed E-state index contributed by atoms with van der Waals surface area (Å²) in [7, 11) is 0. The van der Waals surface area contributed by atoms with E-state index in [1.807, 2.05) is 26.8 Å². The number of nitrogens with zero attached hydrogens (tertiary/aromatic N) is 3. The topological polar surface area (TPSA) is 121 Å². The van der Waals surface area contributed by atoms with E-state index in [-0.39, 0.29) is 25.0 Å². The lowest BCUT2D eigenvalue weighted by Crippen LogP contribution is -2.40. The molecule has 0 spiro atoms. The van der Waals surface area contributed by atoms with Gasteiger partial charge in [-0.1, -0.05) is 13.8 Å². The van der Waals surface area contributed by atoms with Gasteiger partial charge in [-0.2, -0.15) is 4.98 Å². The number of rotatable bonds is 11. The molecule has 1 saturated heterocycles. The van der Waals surface area contributed by atoms with Crippen molar-refractivity contribution in [2.75, 3.05) is 37.8 Å². The minimum atomic E-state index is -0.663. The van der Waals surface area contributed by atoms with E-state index in [4.69, 9.17) is 19.5 Å². The predicted molar refractivity (Wildman–Crippen MR) is 125 cm³/mol. The van der Waals surface area contributed by atoms with Crippen molar-refractivity contribution >= 4 is 11.9 Å². The van der Waals surface area contributed by atoms with Gasteiger partial charge in [-0.15, -0.1) is 0 Å². The summed E-state index contributed by atoms with van der Waals surface area (Å²) in [5, 5.41) is 25.0. The molecule has 1 aromatic heterocycles. The van der Waals surface area contributed by atoms with Crippen LogP contribution < -0.4 is 15.0 Å². The third-order valence-corrected chi connectivity index (χ3v) is 6.07. The number of carbonyl (C=O) groups is 1. The van der Waals surface area contributed by atoms with E-state index in [9.17, 15) is 4.79 Å². The largest absolute Gasteiger partial charge is 0.494 e. The van der Waals surface area contributed by atoms with Gasteiger partial charge in [-0.05, 0) is 67.4 Å². The van der Waals surface area contributed by atoms with Crippen molar-refractivity contribution in [2.45, 2.75) is 58.4 Å². The van der Waals surface area contributed by atoms with E-state index >= 15 is 0 Å². The zero-order valence-corrected chi connectivity index (χ0v) is 19.8. The first-order valence-corrected chi connectivity index (χ1v) is 11.8. The number of ether oxygens (including phenoxy) is 1. The van der Waals surface area contributed by atoms with Gasteiger partial charge in [0.25, 0.3) is 11.9 Å². The van der Waals surface area contributed by atoms with E-state index < -0.39 is 6.04 Å². The summed E-state index contributed by atoms with van der Waals surface area (Å²) in [4.78, 5) is 19.0. The molecule has 3 N–H and O–H groups in total. The molecule has 9 heteroatoms. The van der Waals surface area contributed by atoms with Crippen molar-refractivity contribution in [1.29, 1.82) is 0 Å². The molecule has 2 heterocycles. The predicted octanol–water partition coefficient (Wildman–Crippen LogP) is 2.66. The lowest BCUT2D eigenvalue weighted by Gasteiger charge is -2.30. The van der Waals surface area contributed by atoms with Crippen LogP contribution >= 0.6 is 0 Å². The molecule has 0 saturated carbocycles. The Hall–Kier alpha value is -2.65. The Morgan fingerprint density at radius 1 is 1.27 bits per heavy atom. The number of aryl methyl sites for hydroxylation is 1. The van der Waals surface area contributed by atoms with Crippen LogP contribution in [-0.4, -0.2) is 65.2 Å². The Kier molecular flexibility index (Phi) is 9.08. The number of piperidine rings is 1. The SMILES string of the molecule is Cc1cc(OCCCC2CCN(c3noc(C(C)C)n3)CC2)ccc1C(=O)NC(CO)CO. The summed E-state index contributed by atoms with van der Waals surface area (Å²) in [6, 6.07) is 4.68. The normalized spacial score (nSPS) is 14.8. The van der Waals surface area contributed by atoms with Crippen molar-refractivity contribution in [3.8, 4) is 5.75 Å². The summed E-state index contributed by atoms with van der Waals surface area (Å²) in [6.07, 6.45) is 4.30. The van der Waals surface area contributed by atoms with Crippen LogP contribution in [0.5, 0.6) is 5.75 Å². The summed E-state index contributed by atoms with van der Waals surface area (Å²) in [6.45, 7) is 7.84. The Morgan fingerprint density at radius 2 is 2.00 bits per heavy atom. The second-order valence-corrected chi connectivity index (χ2v) is 9.02. The van der Waals surface area contributed by atoms with Crippen molar-refractivity contribution in [3.63, 3.8) is 0 Å². The number of hydrogen-bond donors (Lipinski definition) is 3. The molecule has 1 aromatic carbocycles. The Bertz CT molecular complexity index is 889. The van der Waals surface area contributed by atoms with Gasteiger partial charge in [0, 0.05) is 24.6 Å². The second kappa shape index (κ2) is 12.0. The van der Waals surface area contributed by atoms with Gasteiger partial charge >= 0.3 is 0 Å². The zero-order valence-electron chi connectivity index (χ0n) is 19.8. The molecule has 2 aromatic rings. The first kappa shape index (κ1) is 25.0. The molecule has 1 aliphatic heterocycles. The third-order valence-electron chi connectivity index (χ3n) is 6.07. The number of anilines is 1. The van der Waals surface area contributed by atoms with Gasteiger partial charge in [-0.25, -0.2) is 0 Å². The van der Waals surface area contributed by atoms with Crippen LogP contribution in [0.15, 0.2) is 22.7 Å². The van der Waals surface area contributed by atoms with E-state index in [2.05, 4.69) is 20.4 Å². The van der Waals surface area contributed by atoms with Crippen LogP contribution in [0.2, 0.25) is 0 Å². The van der Waals surface area contributed by atoms with Gasteiger partial charge < -0.3 is 29.7 Å². The zero-order chi connectivity index (χ0) is 23.8. The number of hydrogen-bond acceptors (Lipinski definition) is 8. The average Bonchev–Trinajstić information content (AvgIpc) is 3.31. The van der Waals surface area contributed by atoms with Gasteiger partial charge in [0.2, 0.25) is 5.89 Å². The van der Waals surface area contributed by atoms with Crippen molar-refractivity contribution in [1.82, 2.24) is 15.5 Å². The molecule has 0 radical (unpaired) electrons. The maximum absolute atomic E-state index is 12.3. The second-order valence-electron chi connectivity index (χ2n) is 9.02. The fourth-order valence-electron chi connectivity index (χ4n) is 3.97. The van der Waals surface area contributed by atoms with Crippen molar-refractivity contribution < 1.29 is 24.3 Å². The van der Waals surface area contributed by atoms with Crippen LogP contribution in [0.1, 0.15) is 67.3 Å². The average molecular weight is 461 g/mol. The lowest BCUT2D eigenvalue weighted by atomic mass is 9.92. The van der Waals surface area contributed by atoms with Crippen LogP contribution in [0.4, 0.5) is 5.95 Å². The van der Waals surface area contributed by atoms with Gasteiger partial charge in [0.05, 0.1) is 25.9 Å². The Balaban J connectivity index is 1.38. The van der Waals surface area contributed by atoms with Crippen LogP contribution in [0.3, 0.4) is 0 Å². The van der Waals surface area contributed by atoms with E-state index in [0.29, 0.717) is 29.9 Å². The highest BCUT2D eigenvalue weighted by Crippen LogP contribution is 2.26. The van der Waals surface area contributed by atoms with Gasteiger partial charge in [-0.3, -0.25) is 4.79 Å². The van der Waals surface area contributed by atoms with Crippen molar-refractivity contribution in [2.24, 2.45) is 5.92 Å². The number of nitrogens with one attached hydrogen (secondary N) is 1. The highest BCUT2D eigenvalue weighted by atomic mass is 16.5. The molecular formula is C24H36N4O5. The Labute approximate surface area is 195 Å². The maximum Gasteiger partial charge on any atom is 0.266 e.